The first-order valence-electron chi connectivity index (χ1n) is 3.88. The third-order valence-electron chi connectivity index (χ3n) is 1.58. The minimum Gasteiger partial charge on any atom is -0.402 e. The van der Waals surface area contributed by atoms with Gasteiger partial charge in [-0.15, -0.1) is 13.2 Å². The van der Waals surface area contributed by atoms with Crippen molar-refractivity contribution in [2.24, 2.45) is 0 Å². The molecular formula is C7H4ClF4NO3S. The van der Waals surface area contributed by atoms with Crippen molar-refractivity contribution in [1.29, 1.82) is 0 Å². The highest BCUT2D eigenvalue weighted by molar-refractivity contribution is 8.13. The highest BCUT2D eigenvalue weighted by Crippen LogP contribution is 2.35. The number of halogens is 5. The van der Waals surface area contributed by atoms with E-state index in [4.69, 9.17) is 10.7 Å². The molecule has 0 aliphatic heterocycles. The standard InChI is InChI=1S/C7H4ClF4NO3S/c1-3-5(16-7(10,11)12)6(17(8,14)15)4(9)2-13-3/h2H,1H3. The van der Waals surface area contributed by atoms with Gasteiger partial charge in [-0.1, -0.05) is 0 Å². The fourth-order valence-electron chi connectivity index (χ4n) is 1.01. The van der Waals surface area contributed by atoms with Crippen LogP contribution >= 0.6 is 10.7 Å². The molecule has 17 heavy (non-hydrogen) atoms. The van der Waals surface area contributed by atoms with Gasteiger partial charge in [-0.3, -0.25) is 4.98 Å². The summed E-state index contributed by atoms with van der Waals surface area (Å²) in [6.07, 6.45) is -4.75. The Bertz CT molecular complexity index is 543. The molecule has 0 N–H and O–H groups in total. The lowest BCUT2D eigenvalue weighted by Gasteiger charge is -2.13. The second-order valence-corrected chi connectivity index (χ2v) is 5.34. The summed E-state index contributed by atoms with van der Waals surface area (Å²) in [5.41, 5.74) is -0.456. The largest absolute Gasteiger partial charge is 0.573 e. The second-order valence-electron chi connectivity index (χ2n) is 2.84. The molecule has 0 radical (unpaired) electrons. The lowest BCUT2D eigenvalue weighted by Crippen LogP contribution is -2.20. The quantitative estimate of drug-likeness (QED) is 0.620. The first-order chi connectivity index (χ1) is 7.52. The van der Waals surface area contributed by atoms with E-state index in [1.165, 1.54) is 0 Å². The van der Waals surface area contributed by atoms with Crippen molar-refractivity contribution in [3.8, 4) is 5.75 Å². The first-order valence-corrected chi connectivity index (χ1v) is 6.19. The summed E-state index contributed by atoms with van der Waals surface area (Å²) >= 11 is 0. The van der Waals surface area contributed by atoms with Gasteiger partial charge >= 0.3 is 6.36 Å². The molecule has 96 valence electrons. The smallest absolute Gasteiger partial charge is 0.402 e. The highest BCUT2D eigenvalue weighted by Gasteiger charge is 2.36. The SMILES string of the molecule is Cc1ncc(F)c(S(=O)(=O)Cl)c1OC(F)(F)F. The van der Waals surface area contributed by atoms with Crippen molar-refractivity contribution in [1.82, 2.24) is 4.98 Å². The van der Waals surface area contributed by atoms with Gasteiger partial charge in [0.15, 0.2) is 16.5 Å². The summed E-state index contributed by atoms with van der Waals surface area (Å²) in [4.78, 5) is 1.83. The maximum Gasteiger partial charge on any atom is 0.573 e. The Balaban J connectivity index is 3.52. The van der Waals surface area contributed by atoms with Crippen LogP contribution in [0.4, 0.5) is 17.6 Å². The van der Waals surface area contributed by atoms with Crippen LogP contribution in [-0.4, -0.2) is 19.8 Å². The number of aryl methyl sites for hydroxylation is 1. The first kappa shape index (κ1) is 14.0. The molecule has 0 atom stereocenters. The normalized spacial score (nSPS) is 12.6. The van der Waals surface area contributed by atoms with Crippen LogP contribution < -0.4 is 4.74 Å². The number of rotatable bonds is 2. The minimum atomic E-state index is -5.18. The van der Waals surface area contributed by atoms with Gasteiger partial charge in [0.25, 0.3) is 9.05 Å². The van der Waals surface area contributed by atoms with Gasteiger partial charge < -0.3 is 4.74 Å². The van der Waals surface area contributed by atoms with Gasteiger partial charge in [0, 0.05) is 10.7 Å². The molecular weight excluding hydrogens is 290 g/mol. The van der Waals surface area contributed by atoms with Gasteiger partial charge in [0.05, 0.1) is 11.9 Å². The summed E-state index contributed by atoms with van der Waals surface area (Å²) in [6, 6.07) is 0. The molecule has 0 amide bonds. The van der Waals surface area contributed by atoms with E-state index in [1.807, 2.05) is 0 Å². The Morgan fingerprint density at radius 2 is 1.94 bits per heavy atom. The van der Waals surface area contributed by atoms with Crippen molar-refractivity contribution in [2.75, 3.05) is 0 Å². The second kappa shape index (κ2) is 4.30. The number of hydrogen-bond donors (Lipinski definition) is 0. The van der Waals surface area contributed by atoms with Crippen LogP contribution in [0.3, 0.4) is 0 Å². The van der Waals surface area contributed by atoms with E-state index in [-0.39, 0.29) is 0 Å². The van der Waals surface area contributed by atoms with Crippen molar-refractivity contribution < 1.29 is 30.7 Å². The molecule has 0 fully saturated rings. The van der Waals surface area contributed by atoms with Gasteiger partial charge in [0.2, 0.25) is 0 Å². The number of aromatic nitrogens is 1. The predicted molar refractivity (Wildman–Crippen MR) is 48.7 cm³/mol. The lowest BCUT2D eigenvalue weighted by molar-refractivity contribution is -0.276. The summed E-state index contributed by atoms with van der Waals surface area (Å²) < 4.78 is 74.5. The van der Waals surface area contributed by atoms with Crippen LogP contribution in [-0.2, 0) is 9.05 Å². The molecule has 0 bridgehead atoms. The summed E-state index contributed by atoms with van der Waals surface area (Å²) in [7, 11) is 0.100. The topological polar surface area (TPSA) is 56.3 Å². The van der Waals surface area contributed by atoms with E-state index in [1.54, 1.807) is 0 Å². The van der Waals surface area contributed by atoms with Crippen molar-refractivity contribution in [3.63, 3.8) is 0 Å². The molecule has 0 aliphatic rings. The van der Waals surface area contributed by atoms with Crippen LogP contribution in [0.1, 0.15) is 5.69 Å². The maximum atomic E-state index is 13.1. The number of nitrogens with zero attached hydrogens (tertiary/aromatic N) is 1. The average molecular weight is 294 g/mol. The third kappa shape index (κ3) is 3.43. The Morgan fingerprint density at radius 1 is 1.41 bits per heavy atom. The van der Waals surface area contributed by atoms with Gasteiger partial charge in [0.1, 0.15) is 0 Å². The van der Waals surface area contributed by atoms with E-state index in [0.29, 0.717) is 6.20 Å². The molecule has 10 heteroatoms. The van der Waals surface area contributed by atoms with Crippen LogP contribution in [0.5, 0.6) is 5.75 Å². The Labute approximate surface area is 97.6 Å². The molecule has 1 aromatic rings. The van der Waals surface area contributed by atoms with Gasteiger partial charge in [-0.2, -0.15) is 0 Å². The van der Waals surface area contributed by atoms with Crippen LogP contribution in [0.2, 0.25) is 0 Å². The predicted octanol–water partition coefficient (Wildman–Crippen LogP) is 2.36. The molecule has 4 nitrogen and oxygen atoms in total. The van der Waals surface area contributed by atoms with Crippen molar-refractivity contribution >= 4 is 19.7 Å². The average Bonchev–Trinajstić information content (AvgIpc) is 2.06. The van der Waals surface area contributed by atoms with Crippen LogP contribution in [0.15, 0.2) is 11.1 Å². The Morgan fingerprint density at radius 3 is 2.35 bits per heavy atom. The van der Waals surface area contributed by atoms with Crippen LogP contribution in [0.25, 0.3) is 0 Å². The van der Waals surface area contributed by atoms with Crippen LogP contribution in [0, 0.1) is 12.7 Å². The zero-order valence-corrected chi connectivity index (χ0v) is 9.62. The molecule has 1 aromatic heterocycles. The molecule has 0 aliphatic carbocycles. The van der Waals surface area contributed by atoms with E-state index >= 15 is 0 Å². The Hall–Kier alpha value is -1.09. The molecule has 0 saturated carbocycles. The molecule has 0 saturated heterocycles. The molecule has 0 unspecified atom stereocenters. The number of alkyl halides is 3. The summed E-state index contributed by atoms with van der Waals surface area (Å²) in [5, 5.41) is 0. The Kier molecular flexibility index (Phi) is 3.53. The van der Waals surface area contributed by atoms with Crippen molar-refractivity contribution in [2.45, 2.75) is 18.2 Å². The number of pyridine rings is 1. The zero-order chi connectivity index (χ0) is 13.4. The van der Waals surface area contributed by atoms with Gasteiger partial charge in [-0.05, 0) is 6.92 Å². The highest BCUT2D eigenvalue weighted by atomic mass is 35.7. The number of ether oxygens (including phenoxy) is 1. The third-order valence-corrected chi connectivity index (χ3v) is 2.92. The van der Waals surface area contributed by atoms with E-state index in [9.17, 15) is 26.0 Å². The molecule has 1 rings (SSSR count). The molecule has 0 spiro atoms. The fraction of sp³-hybridized carbons (Fsp3) is 0.286. The lowest BCUT2D eigenvalue weighted by atomic mass is 10.3. The fourth-order valence-corrected chi connectivity index (χ4v) is 2.13. The summed E-state index contributed by atoms with van der Waals surface area (Å²) in [6.45, 7) is 1.02. The number of hydrogen-bond acceptors (Lipinski definition) is 4. The zero-order valence-electron chi connectivity index (χ0n) is 8.05. The van der Waals surface area contributed by atoms with Gasteiger partial charge in [-0.25, -0.2) is 12.8 Å². The maximum absolute atomic E-state index is 13.1. The van der Waals surface area contributed by atoms with E-state index in [2.05, 4.69) is 9.72 Å². The molecule has 0 aromatic carbocycles. The van der Waals surface area contributed by atoms with Crippen molar-refractivity contribution in [3.05, 3.63) is 17.7 Å². The molecule has 1 heterocycles. The summed E-state index contributed by atoms with van der Waals surface area (Å²) in [5.74, 6) is -2.79. The van der Waals surface area contributed by atoms with E-state index < -0.39 is 37.6 Å². The minimum absolute atomic E-state index is 0.438. The monoisotopic (exact) mass is 293 g/mol. The van der Waals surface area contributed by atoms with E-state index in [0.717, 1.165) is 6.92 Å².